The first kappa shape index (κ1) is 14.6. The Labute approximate surface area is 118 Å². The molecule has 2 rings (SSSR count). The van der Waals surface area contributed by atoms with Gasteiger partial charge in [0.05, 0.1) is 28.9 Å². The number of aliphatic carboxylic acids is 1. The van der Waals surface area contributed by atoms with Crippen molar-refractivity contribution >= 4 is 17.6 Å². The van der Waals surface area contributed by atoms with Crippen molar-refractivity contribution in [2.24, 2.45) is 24.8 Å². The molecule has 0 aliphatic heterocycles. The first-order valence-electron chi connectivity index (χ1n) is 6.85. The maximum absolute atomic E-state index is 12.4. The lowest BCUT2D eigenvalue weighted by atomic mass is 9.95. The fourth-order valence-corrected chi connectivity index (χ4v) is 3.02. The summed E-state index contributed by atoms with van der Waals surface area (Å²) in [6.07, 6.45) is 1.19. The molecule has 20 heavy (non-hydrogen) atoms. The molecule has 0 bridgehead atoms. The van der Waals surface area contributed by atoms with E-state index in [2.05, 4.69) is 10.4 Å². The van der Waals surface area contributed by atoms with Crippen molar-refractivity contribution in [2.75, 3.05) is 5.32 Å². The number of rotatable bonds is 3. The Hall–Kier alpha value is -1.85. The zero-order valence-corrected chi connectivity index (χ0v) is 12.3. The second kappa shape index (κ2) is 5.26. The molecule has 2 N–H and O–H groups in total. The highest BCUT2D eigenvalue weighted by molar-refractivity contribution is 5.96. The summed E-state index contributed by atoms with van der Waals surface area (Å²) in [5.41, 5.74) is 2.31. The molecule has 6 nitrogen and oxygen atoms in total. The average Bonchev–Trinajstić information content (AvgIpc) is 2.85. The van der Waals surface area contributed by atoms with E-state index in [1.165, 1.54) is 0 Å². The number of nitrogens with one attached hydrogen (secondary N) is 1. The summed E-state index contributed by atoms with van der Waals surface area (Å²) in [7, 11) is 1.82. The van der Waals surface area contributed by atoms with E-state index in [1.807, 2.05) is 27.8 Å². The Morgan fingerprint density at radius 3 is 2.40 bits per heavy atom. The van der Waals surface area contributed by atoms with Gasteiger partial charge >= 0.3 is 5.97 Å². The molecule has 0 radical (unpaired) electrons. The Kier molecular flexibility index (Phi) is 3.83. The van der Waals surface area contributed by atoms with E-state index >= 15 is 0 Å². The predicted octanol–water partition coefficient (Wildman–Crippen LogP) is 1.72. The second-order valence-electron chi connectivity index (χ2n) is 5.79. The van der Waals surface area contributed by atoms with Crippen LogP contribution in [0.15, 0.2) is 0 Å². The van der Waals surface area contributed by atoms with Gasteiger partial charge in [-0.25, -0.2) is 0 Å². The second-order valence-corrected chi connectivity index (χ2v) is 5.79. The van der Waals surface area contributed by atoms with Gasteiger partial charge in [0.2, 0.25) is 5.91 Å². The monoisotopic (exact) mass is 279 g/mol. The van der Waals surface area contributed by atoms with Crippen molar-refractivity contribution in [3.05, 3.63) is 11.4 Å². The van der Waals surface area contributed by atoms with Crippen LogP contribution in [0.2, 0.25) is 0 Å². The lowest BCUT2D eigenvalue weighted by molar-refractivity contribution is -0.145. The maximum Gasteiger partial charge on any atom is 0.307 e. The quantitative estimate of drug-likeness (QED) is 0.882. The lowest BCUT2D eigenvalue weighted by Gasteiger charge is -2.15. The fourth-order valence-electron chi connectivity index (χ4n) is 3.02. The zero-order chi connectivity index (χ0) is 15.0. The van der Waals surface area contributed by atoms with Crippen LogP contribution in [-0.4, -0.2) is 26.8 Å². The number of aromatic nitrogens is 2. The van der Waals surface area contributed by atoms with Gasteiger partial charge in [0, 0.05) is 7.05 Å². The van der Waals surface area contributed by atoms with Crippen LogP contribution in [-0.2, 0) is 16.6 Å². The number of carbonyl (C=O) groups is 2. The molecule has 1 amide bonds. The van der Waals surface area contributed by atoms with Crippen molar-refractivity contribution in [2.45, 2.75) is 33.6 Å². The molecule has 0 saturated heterocycles. The number of amides is 1. The fraction of sp³-hybridized carbons (Fsp3) is 0.643. The van der Waals surface area contributed by atoms with E-state index in [4.69, 9.17) is 0 Å². The lowest BCUT2D eigenvalue weighted by Crippen LogP contribution is -2.30. The zero-order valence-electron chi connectivity index (χ0n) is 12.3. The minimum absolute atomic E-state index is 0.207. The van der Waals surface area contributed by atoms with E-state index in [0.717, 1.165) is 11.4 Å². The van der Waals surface area contributed by atoms with Gasteiger partial charge in [-0.15, -0.1) is 0 Å². The summed E-state index contributed by atoms with van der Waals surface area (Å²) in [5, 5.41) is 16.3. The average molecular weight is 279 g/mol. The van der Waals surface area contributed by atoms with Gasteiger partial charge in [0.15, 0.2) is 0 Å². The number of aryl methyl sites for hydroxylation is 2. The predicted molar refractivity (Wildman–Crippen MR) is 74.3 cm³/mol. The molecule has 110 valence electrons. The maximum atomic E-state index is 12.4. The van der Waals surface area contributed by atoms with Crippen LogP contribution in [0.25, 0.3) is 0 Å². The van der Waals surface area contributed by atoms with Crippen LogP contribution in [0.4, 0.5) is 5.69 Å². The molecule has 1 heterocycles. The van der Waals surface area contributed by atoms with Gasteiger partial charge < -0.3 is 10.4 Å². The normalized spacial score (nSPS) is 25.7. The Bertz CT molecular complexity index is 550. The largest absolute Gasteiger partial charge is 0.481 e. The number of carboxylic acid groups (broad SMARTS) is 1. The molecule has 1 saturated carbocycles. The van der Waals surface area contributed by atoms with E-state index < -0.39 is 17.8 Å². The molecule has 1 fully saturated rings. The molecule has 6 heteroatoms. The third-order valence-electron chi connectivity index (χ3n) is 4.21. The molecule has 1 aliphatic rings. The number of carboxylic acids is 1. The van der Waals surface area contributed by atoms with Crippen molar-refractivity contribution in [3.63, 3.8) is 0 Å². The third kappa shape index (κ3) is 2.55. The van der Waals surface area contributed by atoms with Gasteiger partial charge in [-0.3, -0.25) is 14.3 Å². The van der Waals surface area contributed by atoms with Gasteiger partial charge in [0.1, 0.15) is 0 Å². The highest BCUT2D eigenvalue weighted by Gasteiger charge is 2.41. The van der Waals surface area contributed by atoms with Crippen LogP contribution in [0.5, 0.6) is 0 Å². The van der Waals surface area contributed by atoms with E-state index in [0.29, 0.717) is 18.5 Å². The van der Waals surface area contributed by atoms with Crippen LogP contribution >= 0.6 is 0 Å². The molecule has 1 aliphatic carbocycles. The van der Waals surface area contributed by atoms with Crippen molar-refractivity contribution < 1.29 is 14.7 Å². The minimum atomic E-state index is -0.880. The number of hydrogen-bond donors (Lipinski definition) is 2. The molecule has 0 aromatic carbocycles. The first-order valence-corrected chi connectivity index (χ1v) is 6.85. The van der Waals surface area contributed by atoms with Crippen LogP contribution in [0.3, 0.4) is 0 Å². The van der Waals surface area contributed by atoms with Crippen molar-refractivity contribution in [1.29, 1.82) is 0 Å². The number of hydrogen-bond acceptors (Lipinski definition) is 3. The Morgan fingerprint density at radius 1 is 1.30 bits per heavy atom. The van der Waals surface area contributed by atoms with E-state index in [1.54, 1.807) is 4.68 Å². The highest BCUT2D eigenvalue weighted by Crippen LogP contribution is 2.37. The van der Waals surface area contributed by atoms with Crippen LogP contribution < -0.4 is 5.32 Å². The molecule has 1 aromatic rings. The molecular formula is C14H21N3O3. The van der Waals surface area contributed by atoms with Gasteiger partial charge in [-0.1, -0.05) is 6.92 Å². The first-order chi connectivity index (χ1) is 9.31. The summed E-state index contributed by atoms with van der Waals surface area (Å²) in [6, 6.07) is 0. The number of anilines is 1. The molecular weight excluding hydrogens is 258 g/mol. The van der Waals surface area contributed by atoms with Gasteiger partial charge in [-0.2, -0.15) is 5.10 Å². The van der Waals surface area contributed by atoms with Crippen molar-refractivity contribution in [1.82, 2.24) is 9.78 Å². The smallest absolute Gasteiger partial charge is 0.307 e. The van der Waals surface area contributed by atoms with Crippen LogP contribution in [0.1, 0.15) is 31.2 Å². The van der Waals surface area contributed by atoms with Crippen molar-refractivity contribution in [3.8, 4) is 0 Å². The molecule has 3 atom stereocenters. The van der Waals surface area contributed by atoms with Crippen LogP contribution in [0, 0.1) is 31.6 Å². The Morgan fingerprint density at radius 2 is 1.90 bits per heavy atom. The summed E-state index contributed by atoms with van der Waals surface area (Å²) in [4.78, 5) is 23.6. The molecule has 0 spiro atoms. The van der Waals surface area contributed by atoms with E-state index in [-0.39, 0.29) is 11.8 Å². The third-order valence-corrected chi connectivity index (χ3v) is 4.21. The van der Waals surface area contributed by atoms with Gasteiger partial charge in [-0.05, 0) is 32.6 Å². The van der Waals surface area contributed by atoms with Gasteiger partial charge in [0.25, 0.3) is 0 Å². The number of carbonyl (C=O) groups excluding carboxylic acids is 1. The summed E-state index contributed by atoms with van der Waals surface area (Å²) < 4.78 is 1.71. The number of nitrogens with zero attached hydrogens (tertiary/aromatic N) is 2. The summed E-state index contributed by atoms with van der Waals surface area (Å²) in [5.74, 6) is -1.86. The minimum Gasteiger partial charge on any atom is -0.481 e. The molecule has 1 aromatic heterocycles. The van der Waals surface area contributed by atoms with E-state index in [9.17, 15) is 14.7 Å². The standard InChI is InChI=1S/C14H21N3O3/c1-7-5-10(11(6-7)14(19)20)13(18)15-12-8(2)16-17(4)9(12)3/h7,10-11H,5-6H2,1-4H3,(H,15,18)(H,19,20). The summed E-state index contributed by atoms with van der Waals surface area (Å²) in [6.45, 7) is 5.69. The summed E-state index contributed by atoms with van der Waals surface area (Å²) >= 11 is 0. The Balaban J connectivity index is 2.17. The molecule has 3 unspecified atom stereocenters. The highest BCUT2D eigenvalue weighted by atomic mass is 16.4. The SMILES string of the molecule is Cc1nn(C)c(C)c1NC(=O)C1CC(C)CC1C(=O)O. The topological polar surface area (TPSA) is 84.2 Å².